The van der Waals surface area contributed by atoms with Crippen LogP contribution in [-0.2, 0) is 22.6 Å². The summed E-state index contributed by atoms with van der Waals surface area (Å²) in [4.78, 5) is 10.5. The molecule has 1 aromatic carbocycles. The van der Waals surface area contributed by atoms with Crippen molar-refractivity contribution in [3.8, 4) is 5.75 Å². The first kappa shape index (κ1) is 15.0. The van der Waals surface area contributed by atoms with Gasteiger partial charge in [-0.3, -0.25) is 4.79 Å². The van der Waals surface area contributed by atoms with E-state index in [1.165, 1.54) is 0 Å². The summed E-state index contributed by atoms with van der Waals surface area (Å²) in [5, 5.41) is 8.65. The van der Waals surface area contributed by atoms with Gasteiger partial charge in [-0.2, -0.15) is 0 Å². The van der Waals surface area contributed by atoms with Crippen molar-refractivity contribution in [2.45, 2.75) is 25.9 Å². The summed E-state index contributed by atoms with van der Waals surface area (Å²) in [6.07, 6.45) is 1.51. The van der Waals surface area contributed by atoms with Crippen molar-refractivity contribution in [2.75, 3.05) is 14.2 Å². The fourth-order valence-corrected chi connectivity index (χ4v) is 2.30. The standard InChI is InChI=1S/C13H17BrO4/c1-17-8-10-7-12(18-2)11(14)6-9(10)4-3-5-13(15)16/h6-7H,3-5,8H2,1-2H3,(H,15,16). The Kier molecular flexibility index (Phi) is 6.15. The summed E-state index contributed by atoms with van der Waals surface area (Å²) >= 11 is 3.43. The summed E-state index contributed by atoms with van der Waals surface area (Å²) in [6.45, 7) is 0.492. The molecule has 0 unspecified atom stereocenters. The Labute approximate surface area is 115 Å². The first-order valence-electron chi connectivity index (χ1n) is 5.64. The highest BCUT2D eigenvalue weighted by Crippen LogP contribution is 2.29. The van der Waals surface area contributed by atoms with Crippen LogP contribution in [0.3, 0.4) is 0 Å². The molecule has 0 saturated carbocycles. The number of aryl methyl sites for hydroxylation is 1. The van der Waals surface area contributed by atoms with Crippen LogP contribution in [0.15, 0.2) is 16.6 Å². The molecule has 0 bridgehead atoms. The molecule has 0 aliphatic carbocycles. The predicted octanol–water partition coefficient (Wildman–Crippen LogP) is 3.01. The van der Waals surface area contributed by atoms with Gasteiger partial charge in [-0.05, 0) is 52.0 Å². The quantitative estimate of drug-likeness (QED) is 0.840. The maximum absolute atomic E-state index is 10.5. The highest BCUT2D eigenvalue weighted by Gasteiger charge is 2.09. The molecule has 1 N–H and O–H groups in total. The number of aliphatic carboxylic acids is 1. The van der Waals surface area contributed by atoms with Gasteiger partial charge < -0.3 is 14.6 Å². The van der Waals surface area contributed by atoms with Crippen LogP contribution >= 0.6 is 15.9 Å². The average molecular weight is 317 g/mol. The zero-order valence-corrected chi connectivity index (χ0v) is 12.1. The largest absolute Gasteiger partial charge is 0.496 e. The summed E-state index contributed by atoms with van der Waals surface area (Å²) in [5.41, 5.74) is 2.12. The van der Waals surface area contributed by atoms with Crippen LogP contribution in [0, 0.1) is 0 Å². The Morgan fingerprint density at radius 3 is 2.61 bits per heavy atom. The van der Waals surface area contributed by atoms with E-state index in [2.05, 4.69) is 15.9 Å². The second-order valence-corrected chi connectivity index (χ2v) is 4.79. The number of benzene rings is 1. The fraction of sp³-hybridized carbons (Fsp3) is 0.462. The van der Waals surface area contributed by atoms with Crippen LogP contribution in [-0.4, -0.2) is 25.3 Å². The Morgan fingerprint density at radius 2 is 2.06 bits per heavy atom. The molecular weight excluding hydrogens is 300 g/mol. The van der Waals surface area contributed by atoms with Gasteiger partial charge in [-0.1, -0.05) is 0 Å². The van der Waals surface area contributed by atoms with Gasteiger partial charge in [0.2, 0.25) is 0 Å². The van der Waals surface area contributed by atoms with Gasteiger partial charge >= 0.3 is 5.97 Å². The molecule has 1 rings (SSSR count). The van der Waals surface area contributed by atoms with Crippen molar-refractivity contribution in [3.05, 3.63) is 27.7 Å². The first-order valence-corrected chi connectivity index (χ1v) is 6.43. The Morgan fingerprint density at radius 1 is 1.33 bits per heavy atom. The van der Waals surface area contributed by atoms with E-state index in [-0.39, 0.29) is 6.42 Å². The van der Waals surface area contributed by atoms with E-state index in [4.69, 9.17) is 14.6 Å². The smallest absolute Gasteiger partial charge is 0.303 e. The van der Waals surface area contributed by atoms with E-state index in [0.29, 0.717) is 19.4 Å². The van der Waals surface area contributed by atoms with Gasteiger partial charge in [0.05, 0.1) is 18.2 Å². The van der Waals surface area contributed by atoms with Crippen molar-refractivity contribution in [3.63, 3.8) is 0 Å². The number of methoxy groups -OCH3 is 2. The van der Waals surface area contributed by atoms with Crippen molar-refractivity contribution in [1.82, 2.24) is 0 Å². The number of rotatable bonds is 7. The van der Waals surface area contributed by atoms with Crippen LogP contribution in [0.25, 0.3) is 0 Å². The van der Waals surface area contributed by atoms with Crippen molar-refractivity contribution in [1.29, 1.82) is 0 Å². The van der Waals surface area contributed by atoms with Gasteiger partial charge in [0, 0.05) is 13.5 Å². The van der Waals surface area contributed by atoms with Gasteiger partial charge in [0.15, 0.2) is 0 Å². The maximum Gasteiger partial charge on any atom is 0.303 e. The summed E-state index contributed by atoms with van der Waals surface area (Å²) in [5.74, 6) is -0.0140. The lowest BCUT2D eigenvalue weighted by Crippen LogP contribution is -2.01. The predicted molar refractivity (Wildman–Crippen MR) is 72.0 cm³/mol. The number of carboxylic acids is 1. The lowest BCUT2D eigenvalue weighted by molar-refractivity contribution is -0.137. The lowest BCUT2D eigenvalue weighted by Gasteiger charge is -2.12. The number of hydrogen-bond acceptors (Lipinski definition) is 3. The molecule has 0 saturated heterocycles. The van der Waals surface area contributed by atoms with Crippen LogP contribution < -0.4 is 4.74 Å². The summed E-state index contributed by atoms with van der Waals surface area (Å²) in [7, 11) is 3.25. The molecule has 0 fully saturated rings. The van der Waals surface area contributed by atoms with Crippen LogP contribution in [0.1, 0.15) is 24.0 Å². The third-order valence-electron chi connectivity index (χ3n) is 2.61. The second kappa shape index (κ2) is 7.38. The van der Waals surface area contributed by atoms with Crippen molar-refractivity contribution in [2.24, 2.45) is 0 Å². The Bertz CT molecular complexity index is 418. The van der Waals surface area contributed by atoms with Gasteiger partial charge in [0.25, 0.3) is 0 Å². The zero-order valence-electron chi connectivity index (χ0n) is 10.5. The number of carbonyl (C=O) groups is 1. The van der Waals surface area contributed by atoms with Crippen molar-refractivity contribution < 1.29 is 19.4 Å². The van der Waals surface area contributed by atoms with Crippen LogP contribution in [0.4, 0.5) is 0 Å². The number of halogens is 1. The molecular formula is C13H17BrO4. The molecule has 0 aromatic heterocycles. The number of ether oxygens (including phenoxy) is 2. The van der Waals surface area contributed by atoms with Crippen LogP contribution in [0.5, 0.6) is 5.75 Å². The minimum Gasteiger partial charge on any atom is -0.496 e. The average Bonchev–Trinajstić information content (AvgIpc) is 2.32. The molecule has 18 heavy (non-hydrogen) atoms. The SMILES string of the molecule is COCc1cc(OC)c(Br)cc1CCCC(=O)O. The monoisotopic (exact) mass is 316 g/mol. The lowest BCUT2D eigenvalue weighted by atomic mass is 10.0. The van der Waals surface area contributed by atoms with Crippen molar-refractivity contribution >= 4 is 21.9 Å². The van der Waals surface area contributed by atoms with E-state index in [0.717, 1.165) is 21.3 Å². The Balaban J connectivity index is 2.86. The van der Waals surface area contributed by atoms with Crippen LogP contribution in [0.2, 0.25) is 0 Å². The number of carboxylic acid groups (broad SMARTS) is 1. The van der Waals surface area contributed by atoms with Gasteiger partial charge in [-0.25, -0.2) is 0 Å². The molecule has 0 aliphatic heterocycles. The molecule has 0 spiro atoms. The number of hydrogen-bond donors (Lipinski definition) is 1. The topological polar surface area (TPSA) is 55.8 Å². The maximum atomic E-state index is 10.5. The van der Waals surface area contributed by atoms with E-state index in [1.807, 2.05) is 12.1 Å². The molecule has 100 valence electrons. The third kappa shape index (κ3) is 4.31. The fourth-order valence-electron chi connectivity index (χ4n) is 1.75. The van der Waals surface area contributed by atoms with E-state index >= 15 is 0 Å². The van der Waals surface area contributed by atoms with E-state index < -0.39 is 5.97 Å². The molecule has 0 aliphatic rings. The molecule has 4 nitrogen and oxygen atoms in total. The molecule has 1 aromatic rings. The summed E-state index contributed by atoms with van der Waals surface area (Å²) < 4.78 is 11.3. The van der Waals surface area contributed by atoms with E-state index in [9.17, 15) is 4.79 Å². The molecule has 0 radical (unpaired) electrons. The minimum atomic E-state index is -0.768. The highest BCUT2D eigenvalue weighted by atomic mass is 79.9. The minimum absolute atomic E-state index is 0.177. The van der Waals surface area contributed by atoms with Gasteiger partial charge in [0.1, 0.15) is 5.75 Å². The second-order valence-electron chi connectivity index (χ2n) is 3.94. The molecule has 5 heteroatoms. The summed E-state index contributed by atoms with van der Waals surface area (Å²) in [6, 6.07) is 3.89. The highest BCUT2D eigenvalue weighted by molar-refractivity contribution is 9.10. The molecule has 0 atom stereocenters. The molecule has 0 heterocycles. The normalized spacial score (nSPS) is 10.4. The molecule has 0 amide bonds. The van der Waals surface area contributed by atoms with E-state index in [1.54, 1.807) is 14.2 Å². The first-order chi connectivity index (χ1) is 8.58. The zero-order chi connectivity index (χ0) is 13.5. The third-order valence-corrected chi connectivity index (χ3v) is 3.23. The van der Waals surface area contributed by atoms with Gasteiger partial charge in [-0.15, -0.1) is 0 Å². The Hall–Kier alpha value is -1.07.